The van der Waals surface area contributed by atoms with Crippen molar-refractivity contribution in [3.8, 4) is 0 Å². The lowest BCUT2D eigenvalue weighted by molar-refractivity contribution is -0.385. The number of alkyl halides is 2. The molecule has 8 heteroatoms. The first-order valence-electron chi connectivity index (χ1n) is 4.98. The van der Waals surface area contributed by atoms with E-state index in [9.17, 15) is 23.7 Å². The summed E-state index contributed by atoms with van der Waals surface area (Å²) < 4.78 is 23.9. The lowest BCUT2D eigenvalue weighted by Crippen LogP contribution is -2.29. The third-order valence-electron chi connectivity index (χ3n) is 2.14. The van der Waals surface area contributed by atoms with Crippen LogP contribution in [0.25, 0.3) is 0 Å². The summed E-state index contributed by atoms with van der Waals surface area (Å²) in [5.41, 5.74) is -0.212. The number of anilines is 1. The molecule has 0 radical (unpaired) electrons. The number of nitro benzene ring substituents is 1. The molecule has 1 rings (SSSR count). The maximum Gasteiger partial charge on any atom is 0.282 e. The van der Waals surface area contributed by atoms with Crippen LogP contribution in [0.4, 0.5) is 20.2 Å². The van der Waals surface area contributed by atoms with E-state index in [0.717, 1.165) is 6.07 Å². The second-order valence-electron chi connectivity index (χ2n) is 3.34. The first-order chi connectivity index (χ1) is 8.45. The summed E-state index contributed by atoms with van der Waals surface area (Å²) in [6, 6.07) is 3.80. The number of nitrogens with one attached hydrogen (secondary N) is 2. The van der Waals surface area contributed by atoms with Crippen molar-refractivity contribution in [2.45, 2.75) is 6.43 Å². The van der Waals surface area contributed by atoms with Gasteiger partial charge in [-0.2, -0.15) is 0 Å². The molecule has 1 aromatic carbocycles. The van der Waals surface area contributed by atoms with Gasteiger partial charge in [0.1, 0.15) is 5.56 Å². The van der Waals surface area contributed by atoms with Crippen LogP contribution < -0.4 is 10.6 Å². The van der Waals surface area contributed by atoms with Gasteiger partial charge in [0.05, 0.1) is 11.5 Å². The molecular formula is C10H11F2N3O3. The molecule has 0 aliphatic carbocycles. The van der Waals surface area contributed by atoms with Crippen molar-refractivity contribution in [1.29, 1.82) is 0 Å². The number of carbonyl (C=O) groups excluding carboxylic acids is 1. The van der Waals surface area contributed by atoms with Gasteiger partial charge in [0.15, 0.2) is 0 Å². The number of halogens is 2. The molecule has 0 spiro atoms. The first-order valence-corrected chi connectivity index (χ1v) is 4.98. The van der Waals surface area contributed by atoms with Crippen LogP contribution in [0.15, 0.2) is 18.2 Å². The molecule has 2 N–H and O–H groups in total. The van der Waals surface area contributed by atoms with Gasteiger partial charge in [-0.3, -0.25) is 14.9 Å². The quantitative estimate of drug-likeness (QED) is 0.621. The Balaban J connectivity index is 3.03. The van der Waals surface area contributed by atoms with Crippen LogP contribution in [0.1, 0.15) is 10.4 Å². The van der Waals surface area contributed by atoms with Crippen molar-refractivity contribution in [2.24, 2.45) is 0 Å². The highest BCUT2D eigenvalue weighted by Gasteiger charge is 2.21. The molecule has 1 amide bonds. The predicted octanol–water partition coefficient (Wildman–Crippen LogP) is 1.63. The van der Waals surface area contributed by atoms with E-state index in [0.29, 0.717) is 5.69 Å². The smallest absolute Gasteiger partial charge is 0.282 e. The van der Waals surface area contributed by atoms with E-state index in [2.05, 4.69) is 5.32 Å². The number of hydrogen-bond donors (Lipinski definition) is 2. The number of amides is 1. The molecule has 0 unspecified atom stereocenters. The third-order valence-corrected chi connectivity index (χ3v) is 2.14. The fourth-order valence-electron chi connectivity index (χ4n) is 1.30. The van der Waals surface area contributed by atoms with Gasteiger partial charge >= 0.3 is 0 Å². The number of nitrogens with zero attached hydrogens (tertiary/aromatic N) is 1. The van der Waals surface area contributed by atoms with Gasteiger partial charge < -0.3 is 10.6 Å². The molecule has 0 aliphatic rings. The standard InChI is InChI=1S/C10H11F2N3O3/c1-13-6-2-3-8(15(17)18)7(4-6)10(16)14-5-9(11)12/h2-4,9,13H,5H2,1H3,(H,14,16). The minimum atomic E-state index is -2.71. The molecule has 98 valence electrons. The summed E-state index contributed by atoms with van der Waals surface area (Å²) >= 11 is 0. The molecule has 0 heterocycles. The number of benzene rings is 1. The lowest BCUT2D eigenvalue weighted by Gasteiger charge is -2.07. The van der Waals surface area contributed by atoms with Gasteiger partial charge in [-0.05, 0) is 12.1 Å². The van der Waals surface area contributed by atoms with Gasteiger partial charge in [-0.25, -0.2) is 8.78 Å². The molecule has 18 heavy (non-hydrogen) atoms. The molecule has 0 aliphatic heterocycles. The van der Waals surface area contributed by atoms with E-state index in [4.69, 9.17) is 0 Å². The van der Waals surface area contributed by atoms with Crippen molar-refractivity contribution in [3.63, 3.8) is 0 Å². The summed E-state index contributed by atoms with van der Waals surface area (Å²) in [4.78, 5) is 21.5. The van der Waals surface area contributed by atoms with Crippen LogP contribution in [0.2, 0.25) is 0 Å². The van der Waals surface area contributed by atoms with Crippen molar-refractivity contribution in [2.75, 3.05) is 18.9 Å². The summed E-state index contributed by atoms with van der Waals surface area (Å²) in [7, 11) is 1.57. The van der Waals surface area contributed by atoms with Gasteiger partial charge in [-0.15, -0.1) is 0 Å². The van der Waals surface area contributed by atoms with E-state index >= 15 is 0 Å². The summed E-state index contributed by atoms with van der Waals surface area (Å²) in [5.74, 6) is -0.904. The van der Waals surface area contributed by atoms with E-state index in [1.807, 2.05) is 5.32 Å². The molecule has 0 bridgehead atoms. The maximum absolute atomic E-state index is 12.0. The minimum Gasteiger partial charge on any atom is -0.388 e. The Morgan fingerprint density at radius 3 is 2.67 bits per heavy atom. The van der Waals surface area contributed by atoms with Crippen LogP contribution in [-0.2, 0) is 0 Å². The van der Waals surface area contributed by atoms with Crippen molar-refractivity contribution in [1.82, 2.24) is 5.32 Å². The highest BCUT2D eigenvalue weighted by atomic mass is 19.3. The molecular weight excluding hydrogens is 248 g/mol. The van der Waals surface area contributed by atoms with Crippen molar-refractivity contribution < 1.29 is 18.5 Å². The number of carbonyl (C=O) groups is 1. The zero-order valence-electron chi connectivity index (χ0n) is 9.44. The fourth-order valence-corrected chi connectivity index (χ4v) is 1.30. The van der Waals surface area contributed by atoms with Gasteiger partial charge in [0, 0.05) is 18.8 Å². The summed E-state index contributed by atoms with van der Waals surface area (Å²) in [5, 5.41) is 15.3. The molecule has 1 aromatic rings. The molecule has 0 saturated carbocycles. The normalized spacial score (nSPS) is 10.2. The van der Waals surface area contributed by atoms with Crippen LogP contribution >= 0.6 is 0 Å². The zero-order chi connectivity index (χ0) is 13.7. The molecule has 0 aromatic heterocycles. The Labute approximate surface area is 101 Å². The Bertz CT molecular complexity index is 466. The van der Waals surface area contributed by atoms with Crippen molar-refractivity contribution in [3.05, 3.63) is 33.9 Å². The second-order valence-corrected chi connectivity index (χ2v) is 3.34. The topological polar surface area (TPSA) is 84.3 Å². The number of rotatable bonds is 5. The largest absolute Gasteiger partial charge is 0.388 e. The monoisotopic (exact) mass is 259 g/mol. The second kappa shape index (κ2) is 5.89. The molecule has 0 atom stereocenters. The molecule has 0 fully saturated rings. The first kappa shape index (κ1) is 13.8. The maximum atomic E-state index is 12.0. The Morgan fingerprint density at radius 2 is 2.17 bits per heavy atom. The molecule has 0 saturated heterocycles. The van der Waals surface area contributed by atoms with Crippen LogP contribution in [0.3, 0.4) is 0 Å². The van der Waals surface area contributed by atoms with Crippen LogP contribution in [0, 0.1) is 10.1 Å². The number of nitro groups is 1. The van der Waals surface area contributed by atoms with E-state index in [-0.39, 0.29) is 5.56 Å². The average Bonchev–Trinajstić information content (AvgIpc) is 2.34. The highest BCUT2D eigenvalue weighted by molar-refractivity contribution is 5.99. The SMILES string of the molecule is CNc1ccc([N+](=O)[O-])c(C(=O)NCC(F)F)c1. The Hall–Kier alpha value is -2.25. The lowest BCUT2D eigenvalue weighted by atomic mass is 10.1. The van der Waals surface area contributed by atoms with Gasteiger partial charge in [0.25, 0.3) is 18.0 Å². The highest BCUT2D eigenvalue weighted by Crippen LogP contribution is 2.22. The van der Waals surface area contributed by atoms with Crippen molar-refractivity contribution >= 4 is 17.3 Å². The average molecular weight is 259 g/mol. The summed E-state index contributed by atoms with van der Waals surface area (Å²) in [6.07, 6.45) is -2.71. The van der Waals surface area contributed by atoms with Crippen LogP contribution in [0.5, 0.6) is 0 Å². The molecule has 6 nitrogen and oxygen atoms in total. The van der Waals surface area contributed by atoms with Crippen LogP contribution in [-0.4, -0.2) is 30.8 Å². The third kappa shape index (κ3) is 3.37. The minimum absolute atomic E-state index is 0.257. The zero-order valence-corrected chi connectivity index (χ0v) is 9.44. The van der Waals surface area contributed by atoms with Gasteiger partial charge in [-0.1, -0.05) is 0 Å². The Kier molecular flexibility index (Phi) is 4.52. The van der Waals surface area contributed by atoms with E-state index in [1.54, 1.807) is 7.05 Å². The predicted molar refractivity (Wildman–Crippen MR) is 61.0 cm³/mol. The van der Waals surface area contributed by atoms with E-state index < -0.39 is 29.5 Å². The fraction of sp³-hybridized carbons (Fsp3) is 0.300. The summed E-state index contributed by atoms with van der Waals surface area (Å²) in [6.45, 7) is -0.847. The van der Waals surface area contributed by atoms with E-state index in [1.165, 1.54) is 12.1 Å². The Morgan fingerprint density at radius 1 is 1.50 bits per heavy atom. The number of hydrogen-bond acceptors (Lipinski definition) is 4. The van der Waals surface area contributed by atoms with Gasteiger partial charge in [0.2, 0.25) is 0 Å².